The number of carbonyl (C=O) groups excluding carboxylic acids is 1. The van der Waals surface area contributed by atoms with Gasteiger partial charge >= 0.3 is 5.97 Å². The summed E-state index contributed by atoms with van der Waals surface area (Å²) in [6.07, 6.45) is 1.17. The smallest absolute Gasteiger partial charge is 0.326 e. The van der Waals surface area contributed by atoms with Crippen LogP contribution in [0.2, 0.25) is 0 Å². The molecule has 1 aromatic heterocycles. The van der Waals surface area contributed by atoms with Crippen LogP contribution in [0.25, 0.3) is 0 Å². The van der Waals surface area contributed by atoms with E-state index in [0.29, 0.717) is 17.7 Å². The van der Waals surface area contributed by atoms with Crippen LogP contribution in [-0.4, -0.2) is 27.9 Å². The van der Waals surface area contributed by atoms with Crippen molar-refractivity contribution in [3.63, 3.8) is 0 Å². The molecule has 1 amide bonds. The highest BCUT2D eigenvalue weighted by atomic mass is 32.1. The van der Waals surface area contributed by atoms with Gasteiger partial charge in [0.2, 0.25) is 0 Å². The molecule has 1 aliphatic rings. The molecule has 0 unspecified atom stereocenters. The number of aryl methyl sites for hydroxylation is 1. The van der Waals surface area contributed by atoms with E-state index in [0.717, 1.165) is 11.1 Å². The summed E-state index contributed by atoms with van der Waals surface area (Å²) in [6.45, 7) is 1.93. The van der Waals surface area contributed by atoms with Crippen LogP contribution in [0.4, 0.5) is 0 Å². The maximum absolute atomic E-state index is 12.8. The van der Waals surface area contributed by atoms with E-state index in [9.17, 15) is 14.7 Å². The molecular weight excluding hydrogens is 298 g/mol. The highest BCUT2D eigenvalue weighted by Gasteiger charge is 2.42. The van der Waals surface area contributed by atoms with Gasteiger partial charge in [-0.15, -0.1) is 11.3 Å². The number of carboxylic acid groups (broad SMARTS) is 1. The number of benzene rings is 1. The van der Waals surface area contributed by atoms with Gasteiger partial charge in [-0.1, -0.05) is 30.3 Å². The van der Waals surface area contributed by atoms with Crippen LogP contribution < -0.4 is 0 Å². The predicted molar refractivity (Wildman–Crippen MR) is 85.1 cm³/mol. The van der Waals surface area contributed by atoms with Crippen molar-refractivity contribution in [1.29, 1.82) is 0 Å². The number of likely N-dealkylation sites (tertiary alicyclic amines) is 1. The predicted octanol–water partition coefficient (Wildman–Crippen LogP) is 3.49. The number of thiophene rings is 1. The molecule has 2 atom stereocenters. The van der Waals surface area contributed by atoms with Crippen molar-refractivity contribution in [1.82, 2.24) is 4.90 Å². The van der Waals surface area contributed by atoms with E-state index in [-0.39, 0.29) is 11.9 Å². The summed E-state index contributed by atoms with van der Waals surface area (Å²) in [5, 5.41) is 11.4. The Labute approximate surface area is 133 Å². The summed E-state index contributed by atoms with van der Waals surface area (Å²) in [6, 6.07) is 10.6. The van der Waals surface area contributed by atoms with E-state index in [1.807, 2.05) is 48.7 Å². The molecule has 3 rings (SSSR count). The average Bonchev–Trinajstić information content (AvgIpc) is 3.13. The number of amides is 1. The fourth-order valence-corrected chi connectivity index (χ4v) is 3.85. The van der Waals surface area contributed by atoms with Gasteiger partial charge in [0.15, 0.2) is 0 Å². The van der Waals surface area contributed by atoms with Crippen molar-refractivity contribution < 1.29 is 14.7 Å². The first-order chi connectivity index (χ1) is 10.6. The number of hydrogen-bond donors (Lipinski definition) is 1. The normalized spacial score (nSPS) is 21.0. The van der Waals surface area contributed by atoms with Gasteiger partial charge in [0, 0.05) is 0 Å². The molecule has 5 heteroatoms. The Morgan fingerprint density at radius 3 is 2.55 bits per heavy atom. The van der Waals surface area contributed by atoms with E-state index < -0.39 is 12.0 Å². The largest absolute Gasteiger partial charge is 0.480 e. The van der Waals surface area contributed by atoms with Crippen LogP contribution in [-0.2, 0) is 4.79 Å². The quantitative estimate of drug-likeness (QED) is 0.943. The second-order valence-corrected chi connectivity index (χ2v) is 6.47. The maximum Gasteiger partial charge on any atom is 0.326 e. The zero-order valence-corrected chi connectivity index (χ0v) is 13.0. The topological polar surface area (TPSA) is 57.6 Å². The van der Waals surface area contributed by atoms with Gasteiger partial charge in [-0.2, -0.15) is 0 Å². The van der Waals surface area contributed by atoms with Crippen LogP contribution >= 0.6 is 11.3 Å². The third-order valence-corrected chi connectivity index (χ3v) is 5.07. The van der Waals surface area contributed by atoms with E-state index >= 15 is 0 Å². The van der Waals surface area contributed by atoms with Gasteiger partial charge in [-0.25, -0.2) is 4.79 Å². The summed E-state index contributed by atoms with van der Waals surface area (Å²) < 4.78 is 0. The van der Waals surface area contributed by atoms with Crippen LogP contribution in [0, 0.1) is 6.92 Å². The Morgan fingerprint density at radius 2 is 1.95 bits per heavy atom. The minimum atomic E-state index is -0.931. The van der Waals surface area contributed by atoms with Crippen LogP contribution in [0.15, 0.2) is 41.8 Å². The summed E-state index contributed by atoms with van der Waals surface area (Å²) in [5.41, 5.74) is 2.02. The molecule has 0 aliphatic carbocycles. The molecule has 22 heavy (non-hydrogen) atoms. The van der Waals surface area contributed by atoms with E-state index in [1.54, 1.807) is 4.90 Å². The van der Waals surface area contributed by atoms with Gasteiger partial charge in [0.05, 0.1) is 10.9 Å². The highest BCUT2D eigenvalue weighted by molar-refractivity contribution is 7.12. The SMILES string of the molecule is Cc1csc(C(=O)N2[C@@H](C(=O)O)CC[C@@H]2c2ccccc2)c1. The van der Waals surface area contributed by atoms with Gasteiger partial charge in [-0.3, -0.25) is 4.79 Å². The summed E-state index contributed by atoms with van der Waals surface area (Å²) in [7, 11) is 0. The van der Waals surface area contributed by atoms with E-state index in [1.165, 1.54) is 11.3 Å². The van der Waals surface area contributed by atoms with E-state index in [2.05, 4.69) is 0 Å². The van der Waals surface area contributed by atoms with Gasteiger partial charge in [-0.05, 0) is 42.3 Å². The second-order valence-electron chi connectivity index (χ2n) is 5.56. The summed E-state index contributed by atoms with van der Waals surface area (Å²) in [5.74, 6) is -1.11. The lowest BCUT2D eigenvalue weighted by atomic mass is 10.0. The molecule has 1 aliphatic heterocycles. The molecule has 0 radical (unpaired) electrons. The van der Waals surface area contributed by atoms with Crippen molar-refractivity contribution in [2.24, 2.45) is 0 Å². The van der Waals surface area contributed by atoms with Crippen molar-refractivity contribution >= 4 is 23.2 Å². The van der Waals surface area contributed by atoms with Crippen molar-refractivity contribution in [3.05, 3.63) is 57.8 Å². The lowest BCUT2D eigenvalue weighted by Crippen LogP contribution is -2.41. The maximum atomic E-state index is 12.8. The molecule has 0 saturated carbocycles. The molecule has 1 N–H and O–H groups in total. The Morgan fingerprint density at radius 1 is 1.23 bits per heavy atom. The summed E-state index contributed by atoms with van der Waals surface area (Å²) >= 11 is 1.37. The second kappa shape index (κ2) is 5.93. The molecule has 1 fully saturated rings. The minimum Gasteiger partial charge on any atom is -0.480 e. The molecule has 114 valence electrons. The lowest BCUT2D eigenvalue weighted by molar-refractivity contribution is -0.141. The molecule has 1 aromatic carbocycles. The first-order valence-corrected chi connectivity index (χ1v) is 8.11. The summed E-state index contributed by atoms with van der Waals surface area (Å²) in [4.78, 5) is 26.5. The number of carboxylic acids is 1. The van der Waals surface area contributed by atoms with Crippen LogP contribution in [0.3, 0.4) is 0 Å². The zero-order valence-electron chi connectivity index (χ0n) is 12.2. The number of carbonyl (C=O) groups is 2. The molecule has 4 nitrogen and oxygen atoms in total. The third-order valence-electron chi connectivity index (χ3n) is 4.03. The Balaban J connectivity index is 1.97. The molecule has 0 spiro atoms. The molecule has 0 bridgehead atoms. The number of rotatable bonds is 3. The average molecular weight is 315 g/mol. The monoisotopic (exact) mass is 315 g/mol. The Bertz CT molecular complexity index is 695. The molecular formula is C17H17NO3S. The number of nitrogens with zero attached hydrogens (tertiary/aromatic N) is 1. The Hall–Kier alpha value is -2.14. The Kier molecular flexibility index (Phi) is 3.98. The van der Waals surface area contributed by atoms with Gasteiger partial charge in [0.1, 0.15) is 6.04 Å². The first-order valence-electron chi connectivity index (χ1n) is 7.23. The fraction of sp³-hybridized carbons (Fsp3) is 0.294. The highest BCUT2D eigenvalue weighted by Crippen LogP contribution is 2.38. The third kappa shape index (κ3) is 2.64. The van der Waals surface area contributed by atoms with E-state index in [4.69, 9.17) is 0 Å². The number of aliphatic carboxylic acids is 1. The lowest BCUT2D eigenvalue weighted by Gasteiger charge is -2.28. The minimum absolute atomic E-state index is 0.169. The van der Waals surface area contributed by atoms with Gasteiger partial charge in [0.25, 0.3) is 5.91 Å². The van der Waals surface area contributed by atoms with Gasteiger partial charge < -0.3 is 10.0 Å². The number of hydrogen-bond acceptors (Lipinski definition) is 3. The van der Waals surface area contributed by atoms with Crippen LogP contribution in [0.5, 0.6) is 0 Å². The standard InChI is InChI=1S/C17H17NO3S/c1-11-9-15(22-10-11)16(19)18-13(7-8-14(18)17(20)21)12-5-3-2-4-6-12/h2-6,9-10,13-14H,7-8H2,1H3,(H,20,21)/t13-,14-/m1/s1. The first kappa shape index (κ1) is 14.8. The molecule has 2 aromatic rings. The van der Waals surface area contributed by atoms with Crippen molar-refractivity contribution in [3.8, 4) is 0 Å². The van der Waals surface area contributed by atoms with Crippen LogP contribution in [0.1, 0.15) is 39.7 Å². The molecule has 2 heterocycles. The van der Waals surface area contributed by atoms with Crippen molar-refractivity contribution in [2.45, 2.75) is 31.8 Å². The fourth-order valence-electron chi connectivity index (χ4n) is 3.01. The van der Waals surface area contributed by atoms with Crippen molar-refractivity contribution in [2.75, 3.05) is 0 Å². The zero-order chi connectivity index (χ0) is 15.7. The molecule has 1 saturated heterocycles.